The number of nitrogen functional groups attached to an aromatic ring is 2. The highest BCUT2D eigenvalue weighted by molar-refractivity contribution is 5.76. The van der Waals surface area contributed by atoms with Crippen molar-refractivity contribution in [3.05, 3.63) is 157 Å². The van der Waals surface area contributed by atoms with E-state index in [1.165, 1.54) is 22.3 Å². The van der Waals surface area contributed by atoms with Crippen LogP contribution in [-0.4, -0.2) is 0 Å². The van der Waals surface area contributed by atoms with Gasteiger partial charge in [-0.15, -0.1) is 0 Å². The summed E-state index contributed by atoms with van der Waals surface area (Å²) in [5, 5.41) is 0. The minimum Gasteiger partial charge on any atom is -0.457 e. The van der Waals surface area contributed by atoms with Crippen molar-refractivity contribution in [1.29, 1.82) is 0 Å². The number of anilines is 2. The summed E-state index contributed by atoms with van der Waals surface area (Å²) in [5.74, 6) is 3.06. The Morgan fingerprint density at radius 3 is 1.05 bits per heavy atom. The molecule has 0 bridgehead atoms. The molecule has 7 rings (SSSR count). The maximum Gasteiger partial charge on any atom is 0.127 e. The van der Waals surface area contributed by atoms with Crippen LogP contribution in [0.5, 0.6) is 23.0 Å². The molecule has 0 atom stereocenters. The van der Waals surface area contributed by atoms with Gasteiger partial charge in [-0.05, 0) is 113 Å². The van der Waals surface area contributed by atoms with Gasteiger partial charge in [0, 0.05) is 11.4 Å². The average Bonchev–Trinajstić information content (AvgIpc) is 3.40. The van der Waals surface area contributed by atoms with Crippen molar-refractivity contribution < 1.29 is 9.47 Å². The zero-order valence-corrected chi connectivity index (χ0v) is 22.5. The number of hydrogen-bond donors (Lipinski definition) is 2. The largest absolute Gasteiger partial charge is 0.457 e. The first kappa shape index (κ1) is 25.8. The standard InChI is InChI=1S/C24H20N2O2.C13H10/c25-19-5-13-23(14-6-19)27-21-9-1-17(2-10-21)18-3-11-22(12-4-18)28-24-15-7-20(26)8-16-24;1-3-7-12-10(5-1)9-11-6-2-4-8-13(11)12/h1-16H,25-26H2;1-8H,9H2. The summed E-state index contributed by atoms with van der Waals surface area (Å²) in [6.45, 7) is 0. The van der Waals surface area contributed by atoms with Crippen LogP contribution >= 0.6 is 0 Å². The Bertz CT molecular complexity index is 1610. The van der Waals surface area contributed by atoms with Crippen molar-refractivity contribution in [2.45, 2.75) is 6.42 Å². The fraction of sp³-hybridized carbons (Fsp3) is 0.0270. The van der Waals surface area contributed by atoms with Gasteiger partial charge in [0.25, 0.3) is 0 Å². The maximum atomic E-state index is 5.83. The number of hydrogen-bond acceptors (Lipinski definition) is 4. The van der Waals surface area contributed by atoms with Gasteiger partial charge < -0.3 is 20.9 Å². The zero-order chi connectivity index (χ0) is 28.0. The van der Waals surface area contributed by atoms with Gasteiger partial charge in [0.05, 0.1) is 0 Å². The Kier molecular flexibility index (Phi) is 7.37. The summed E-state index contributed by atoms with van der Waals surface area (Å²) >= 11 is 0. The number of benzene rings is 6. The number of nitrogens with two attached hydrogens (primary N) is 2. The Balaban J connectivity index is 0.000000192. The normalized spacial score (nSPS) is 11.0. The van der Waals surface area contributed by atoms with Crippen molar-refractivity contribution in [2.75, 3.05) is 11.5 Å². The lowest BCUT2D eigenvalue weighted by molar-refractivity contribution is 0.482. The zero-order valence-electron chi connectivity index (χ0n) is 22.5. The van der Waals surface area contributed by atoms with Gasteiger partial charge in [-0.2, -0.15) is 0 Å². The number of rotatable bonds is 5. The Labute approximate surface area is 240 Å². The van der Waals surface area contributed by atoms with Crippen LogP contribution in [0.1, 0.15) is 11.1 Å². The molecule has 0 fully saturated rings. The number of fused-ring (bicyclic) bond motifs is 3. The third-order valence-corrected chi connectivity index (χ3v) is 6.98. The highest BCUT2D eigenvalue weighted by Gasteiger charge is 2.15. The minimum absolute atomic E-state index is 0.714. The second-order valence-electron chi connectivity index (χ2n) is 9.88. The van der Waals surface area contributed by atoms with Gasteiger partial charge in [0.2, 0.25) is 0 Å². The molecule has 0 radical (unpaired) electrons. The van der Waals surface area contributed by atoms with E-state index in [4.69, 9.17) is 20.9 Å². The lowest BCUT2D eigenvalue weighted by Crippen LogP contribution is -1.87. The van der Waals surface area contributed by atoms with Crippen molar-refractivity contribution in [3.63, 3.8) is 0 Å². The summed E-state index contributed by atoms with van der Waals surface area (Å²) in [5.41, 5.74) is 20.8. The Morgan fingerprint density at radius 1 is 0.366 bits per heavy atom. The summed E-state index contributed by atoms with van der Waals surface area (Å²) in [4.78, 5) is 0. The quantitative estimate of drug-likeness (QED) is 0.216. The molecule has 200 valence electrons. The first-order valence-electron chi connectivity index (χ1n) is 13.5. The van der Waals surface area contributed by atoms with Crippen LogP contribution < -0.4 is 20.9 Å². The molecule has 0 spiro atoms. The van der Waals surface area contributed by atoms with Crippen LogP contribution in [0.2, 0.25) is 0 Å². The smallest absolute Gasteiger partial charge is 0.127 e. The Hall–Kier alpha value is -5.48. The fourth-order valence-electron chi connectivity index (χ4n) is 4.85. The Morgan fingerprint density at radius 2 is 0.683 bits per heavy atom. The van der Waals surface area contributed by atoms with E-state index < -0.39 is 0 Å². The molecule has 6 aromatic rings. The van der Waals surface area contributed by atoms with E-state index in [0.29, 0.717) is 11.4 Å². The molecule has 1 aliphatic rings. The van der Waals surface area contributed by atoms with E-state index in [2.05, 4.69) is 48.5 Å². The van der Waals surface area contributed by atoms with Crippen molar-refractivity contribution in [2.24, 2.45) is 0 Å². The van der Waals surface area contributed by atoms with Crippen LogP contribution in [-0.2, 0) is 6.42 Å². The van der Waals surface area contributed by atoms with Crippen LogP contribution in [0.4, 0.5) is 11.4 Å². The fourth-order valence-corrected chi connectivity index (χ4v) is 4.85. The van der Waals surface area contributed by atoms with Crippen molar-refractivity contribution >= 4 is 11.4 Å². The second kappa shape index (κ2) is 11.7. The van der Waals surface area contributed by atoms with Crippen LogP contribution in [0, 0.1) is 0 Å². The first-order chi connectivity index (χ1) is 20.1. The molecule has 0 aromatic heterocycles. The molecular weight excluding hydrogens is 504 g/mol. The van der Waals surface area contributed by atoms with Gasteiger partial charge in [0.15, 0.2) is 0 Å². The first-order valence-corrected chi connectivity index (χ1v) is 13.5. The topological polar surface area (TPSA) is 70.5 Å². The summed E-state index contributed by atoms with van der Waals surface area (Å²) < 4.78 is 11.7. The van der Waals surface area contributed by atoms with Crippen LogP contribution in [0.15, 0.2) is 146 Å². The molecule has 4 N–H and O–H groups in total. The van der Waals surface area contributed by atoms with E-state index in [1.807, 2.05) is 97.1 Å². The average molecular weight is 535 g/mol. The molecule has 1 aliphatic carbocycles. The van der Waals surface area contributed by atoms with Gasteiger partial charge in [-0.1, -0.05) is 72.8 Å². The molecule has 6 aromatic carbocycles. The van der Waals surface area contributed by atoms with Gasteiger partial charge in [-0.25, -0.2) is 0 Å². The van der Waals surface area contributed by atoms with E-state index in [1.54, 1.807) is 0 Å². The molecule has 0 saturated carbocycles. The summed E-state index contributed by atoms with van der Waals surface area (Å²) in [6.07, 6.45) is 1.10. The van der Waals surface area contributed by atoms with Gasteiger partial charge in [0.1, 0.15) is 23.0 Å². The molecule has 0 unspecified atom stereocenters. The minimum atomic E-state index is 0.714. The SMILES string of the molecule is Nc1ccc(Oc2ccc(-c3ccc(Oc4ccc(N)cc4)cc3)cc2)cc1.c1ccc2c(c1)Cc1ccccc1-2. The van der Waals surface area contributed by atoms with Gasteiger partial charge >= 0.3 is 0 Å². The molecule has 0 heterocycles. The van der Waals surface area contributed by atoms with E-state index in [0.717, 1.165) is 40.5 Å². The van der Waals surface area contributed by atoms with Crippen LogP contribution in [0.3, 0.4) is 0 Å². The molecule has 41 heavy (non-hydrogen) atoms. The maximum absolute atomic E-state index is 5.83. The van der Waals surface area contributed by atoms with Crippen molar-refractivity contribution in [3.8, 4) is 45.3 Å². The molecule has 4 heteroatoms. The van der Waals surface area contributed by atoms with Crippen LogP contribution in [0.25, 0.3) is 22.3 Å². The monoisotopic (exact) mass is 534 g/mol. The number of ether oxygens (including phenoxy) is 2. The highest BCUT2D eigenvalue weighted by atomic mass is 16.5. The van der Waals surface area contributed by atoms with Crippen molar-refractivity contribution in [1.82, 2.24) is 0 Å². The van der Waals surface area contributed by atoms with E-state index in [-0.39, 0.29) is 0 Å². The van der Waals surface area contributed by atoms with E-state index in [9.17, 15) is 0 Å². The third kappa shape index (κ3) is 6.23. The highest BCUT2D eigenvalue weighted by Crippen LogP contribution is 2.35. The molecular formula is C37H30N2O2. The molecule has 0 amide bonds. The lowest BCUT2D eigenvalue weighted by atomic mass is 10.1. The third-order valence-electron chi connectivity index (χ3n) is 6.98. The van der Waals surface area contributed by atoms with Gasteiger partial charge in [-0.3, -0.25) is 0 Å². The van der Waals surface area contributed by atoms with E-state index >= 15 is 0 Å². The molecule has 0 aliphatic heterocycles. The summed E-state index contributed by atoms with van der Waals surface area (Å²) in [7, 11) is 0. The summed E-state index contributed by atoms with van der Waals surface area (Å²) in [6, 6.07) is 47.9. The molecule has 4 nitrogen and oxygen atoms in total. The molecule has 0 saturated heterocycles. The predicted octanol–water partition coefficient (Wildman–Crippen LogP) is 9.36. The second-order valence-corrected chi connectivity index (χ2v) is 9.88. The predicted molar refractivity (Wildman–Crippen MR) is 168 cm³/mol. The lowest BCUT2D eigenvalue weighted by Gasteiger charge is -2.09.